The number of carbonyl (C=O) groups excluding carboxylic acids is 2. The predicted molar refractivity (Wildman–Crippen MR) is 61.4 cm³/mol. The van der Waals surface area contributed by atoms with Crippen molar-refractivity contribution in [2.24, 2.45) is 11.7 Å². The van der Waals surface area contributed by atoms with Crippen LogP contribution in [0.25, 0.3) is 0 Å². The van der Waals surface area contributed by atoms with Crippen molar-refractivity contribution in [2.75, 3.05) is 13.2 Å². The van der Waals surface area contributed by atoms with Crippen LogP contribution >= 0.6 is 0 Å². The van der Waals surface area contributed by atoms with E-state index >= 15 is 0 Å². The number of alkyl halides is 3. The first kappa shape index (κ1) is 18.7. The van der Waals surface area contributed by atoms with Gasteiger partial charge in [-0.15, -0.1) is 0 Å². The highest BCUT2D eigenvalue weighted by molar-refractivity contribution is 5.85. The van der Waals surface area contributed by atoms with Gasteiger partial charge in [0.15, 0.2) is 5.60 Å². The molecule has 0 unspecified atom stereocenters. The summed E-state index contributed by atoms with van der Waals surface area (Å²) in [6.45, 7) is 2.79. The number of rotatable bonds is 6. The van der Waals surface area contributed by atoms with Crippen LogP contribution in [0.2, 0.25) is 0 Å². The van der Waals surface area contributed by atoms with E-state index in [2.05, 4.69) is 9.47 Å². The van der Waals surface area contributed by atoms with E-state index in [1.165, 1.54) is 13.8 Å². The van der Waals surface area contributed by atoms with Crippen molar-refractivity contribution in [1.82, 2.24) is 0 Å². The summed E-state index contributed by atoms with van der Waals surface area (Å²) in [4.78, 5) is 23.1. The number of halogens is 3. The Morgan fingerprint density at radius 1 is 1.15 bits per heavy atom. The number of carbonyl (C=O) groups is 2. The van der Waals surface area contributed by atoms with Crippen molar-refractivity contribution in [3.8, 4) is 0 Å². The fraction of sp³-hybridized carbons (Fsp3) is 0.818. The third kappa shape index (κ3) is 4.07. The Labute approximate surface area is 114 Å². The average molecular weight is 301 g/mol. The molecule has 0 rings (SSSR count). The molecule has 3 N–H and O–H groups in total. The summed E-state index contributed by atoms with van der Waals surface area (Å²) in [7, 11) is 0. The minimum atomic E-state index is -5.17. The molecule has 6 nitrogen and oxygen atoms in total. The van der Waals surface area contributed by atoms with Crippen molar-refractivity contribution in [3.63, 3.8) is 0 Å². The second-order valence-corrected chi connectivity index (χ2v) is 4.15. The summed E-state index contributed by atoms with van der Waals surface area (Å²) in [6.07, 6.45) is -5.17. The summed E-state index contributed by atoms with van der Waals surface area (Å²) >= 11 is 0. The average Bonchev–Trinajstić information content (AvgIpc) is 2.27. The molecule has 0 heterocycles. The lowest BCUT2D eigenvalue weighted by Gasteiger charge is -2.35. The van der Waals surface area contributed by atoms with Crippen molar-refractivity contribution >= 4 is 11.9 Å². The first-order valence-corrected chi connectivity index (χ1v) is 5.88. The zero-order valence-electron chi connectivity index (χ0n) is 11.4. The number of nitrogens with two attached hydrogens (primary N) is 1. The zero-order chi connectivity index (χ0) is 16.1. The van der Waals surface area contributed by atoms with Crippen LogP contribution in [0.5, 0.6) is 0 Å². The summed E-state index contributed by atoms with van der Waals surface area (Å²) < 4.78 is 47.4. The summed E-state index contributed by atoms with van der Waals surface area (Å²) in [6, 6.07) is -1.99. The molecule has 0 saturated carbocycles. The largest absolute Gasteiger partial charge is 0.466 e. The topological polar surface area (TPSA) is 98.9 Å². The first-order chi connectivity index (χ1) is 9.00. The molecule has 20 heavy (non-hydrogen) atoms. The Morgan fingerprint density at radius 2 is 1.55 bits per heavy atom. The Balaban J connectivity index is 5.50. The van der Waals surface area contributed by atoms with Gasteiger partial charge in [-0.1, -0.05) is 0 Å². The Bertz CT molecular complexity index is 356. The van der Waals surface area contributed by atoms with Gasteiger partial charge in [0.25, 0.3) is 0 Å². The molecule has 0 bridgehead atoms. The van der Waals surface area contributed by atoms with E-state index in [1.807, 2.05) is 0 Å². The maximum Gasteiger partial charge on any atom is 0.417 e. The first-order valence-electron chi connectivity index (χ1n) is 5.88. The normalized spacial score (nSPS) is 17.8. The molecule has 0 fully saturated rings. The van der Waals surface area contributed by atoms with E-state index in [0.29, 0.717) is 6.92 Å². The van der Waals surface area contributed by atoms with Crippen molar-refractivity contribution in [1.29, 1.82) is 0 Å². The quantitative estimate of drug-likeness (QED) is 0.688. The van der Waals surface area contributed by atoms with Gasteiger partial charge in [-0.05, 0) is 20.8 Å². The smallest absolute Gasteiger partial charge is 0.417 e. The van der Waals surface area contributed by atoms with Gasteiger partial charge in [-0.3, -0.25) is 9.59 Å². The third-order valence-electron chi connectivity index (χ3n) is 2.64. The zero-order valence-corrected chi connectivity index (χ0v) is 11.4. The lowest BCUT2D eigenvalue weighted by Crippen LogP contribution is -2.60. The molecule has 3 atom stereocenters. The van der Waals surface area contributed by atoms with Gasteiger partial charge in [0.2, 0.25) is 0 Å². The van der Waals surface area contributed by atoms with Crippen LogP contribution in [0.1, 0.15) is 20.8 Å². The molecule has 0 aliphatic heterocycles. The molecule has 0 aromatic heterocycles. The van der Waals surface area contributed by atoms with Crippen molar-refractivity contribution < 1.29 is 37.3 Å². The van der Waals surface area contributed by atoms with E-state index in [9.17, 15) is 27.9 Å². The van der Waals surface area contributed by atoms with Crippen LogP contribution in [0, 0.1) is 5.92 Å². The van der Waals surface area contributed by atoms with E-state index in [1.54, 1.807) is 0 Å². The molecule has 9 heteroatoms. The number of hydrogen-bond acceptors (Lipinski definition) is 6. The number of esters is 2. The van der Waals surface area contributed by atoms with Crippen LogP contribution in [-0.4, -0.2) is 48.1 Å². The SMILES string of the molecule is CCOC(=O)[C@H]([C@@H](N)C(=O)OCC)[C@@](C)(O)C(F)(F)F. The van der Waals surface area contributed by atoms with Gasteiger partial charge >= 0.3 is 18.1 Å². The minimum Gasteiger partial charge on any atom is -0.466 e. The summed E-state index contributed by atoms with van der Waals surface area (Å²) in [5.41, 5.74) is 1.80. The molecule has 0 aromatic carbocycles. The third-order valence-corrected chi connectivity index (χ3v) is 2.64. The molecule has 0 aliphatic carbocycles. The molecular formula is C11H18F3NO5. The van der Waals surface area contributed by atoms with Gasteiger partial charge in [0.1, 0.15) is 12.0 Å². The van der Waals surface area contributed by atoms with Crippen molar-refractivity contribution in [3.05, 3.63) is 0 Å². The van der Waals surface area contributed by atoms with E-state index in [-0.39, 0.29) is 13.2 Å². The molecule has 118 valence electrons. The highest BCUT2D eigenvalue weighted by atomic mass is 19.4. The lowest BCUT2D eigenvalue weighted by molar-refractivity contribution is -0.274. The highest BCUT2D eigenvalue weighted by Crippen LogP contribution is 2.38. The minimum absolute atomic E-state index is 0.129. The predicted octanol–water partition coefficient (Wildman–Crippen LogP) is 0.369. The van der Waals surface area contributed by atoms with Crippen molar-refractivity contribution in [2.45, 2.75) is 38.6 Å². The molecule has 0 radical (unpaired) electrons. The van der Waals surface area contributed by atoms with Gasteiger partial charge < -0.3 is 20.3 Å². The summed E-state index contributed by atoms with van der Waals surface area (Å²) in [5, 5.41) is 9.58. The van der Waals surface area contributed by atoms with Gasteiger partial charge in [-0.2, -0.15) is 13.2 Å². The number of aliphatic hydroxyl groups is 1. The van der Waals surface area contributed by atoms with E-state index in [0.717, 1.165) is 0 Å². The maximum atomic E-state index is 12.8. The molecule has 0 saturated heterocycles. The fourth-order valence-corrected chi connectivity index (χ4v) is 1.51. The number of ether oxygens (including phenoxy) is 2. The fourth-order valence-electron chi connectivity index (χ4n) is 1.51. The van der Waals surface area contributed by atoms with Crippen LogP contribution in [0.4, 0.5) is 13.2 Å². The molecular weight excluding hydrogens is 283 g/mol. The van der Waals surface area contributed by atoms with Crippen LogP contribution in [-0.2, 0) is 19.1 Å². The van der Waals surface area contributed by atoms with Gasteiger partial charge in [0, 0.05) is 0 Å². The van der Waals surface area contributed by atoms with Crippen LogP contribution < -0.4 is 5.73 Å². The van der Waals surface area contributed by atoms with Gasteiger partial charge in [-0.25, -0.2) is 0 Å². The molecule has 0 spiro atoms. The monoisotopic (exact) mass is 301 g/mol. The molecule has 0 aliphatic rings. The van der Waals surface area contributed by atoms with Crippen LogP contribution in [0.15, 0.2) is 0 Å². The second kappa shape index (κ2) is 6.89. The Hall–Kier alpha value is -1.35. The summed E-state index contributed by atoms with van der Waals surface area (Å²) in [5.74, 6) is -4.97. The lowest BCUT2D eigenvalue weighted by atomic mass is 9.82. The van der Waals surface area contributed by atoms with E-state index < -0.39 is 35.7 Å². The van der Waals surface area contributed by atoms with Crippen LogP contribution in [0.3, 0.4) is 0 Å². The Morgan fingerprint density at radius 3 is 1.90 bits per heavy atom. The number of hydrogen-bond donors (Lipinski definition) is 2. The van der Waals surface area contributed by atoms with Gasteiger partial charge in [0.05, 0.1) is 13.2 Å². The molecule has 0 amide bonds. The second-order valence-electron chi connectivity index (χ2n) is 4.15. The highest BCUT2D eigenvalue weighted by Gasteiger charge is 2.61. The standard InChI is InChI=1S/C11H18F3NO5/c1-4-19-8(16)6(7(15)9(17)20-5-2)10(3,18)11(12,13)14/h6-7,18H,4-5,15H2,1-3H3/t6-,7+,10+/m0/s1. The Kier molecular flexibility index (Phi) is 6.42. The molecule has 0 aromatic rings. The maximum absolute atomic E-state index is 12.8. The van der Waals surface area contributed by atoms with E-state index in [4.69, 9.17) is 5.73 Å².